The van der Waals surface area contributed by atoms with Gasteiger partial charge in [0.15, 0.2) is 0 Å². The van der Waals surface area contributed by atoms with E-state index < -0.39 is 39.3 Å². The van der Waals surface area contributed by atoms with Gasteiger partial charge in [-0.3, -0.25) is 4.79 Å². The van der Waals surface area contributed by atoms with Crippen LogP contribution in [-0.4, -0.2) is 50.3 Å². The molecule has 0 radical (unpaired) electrons. The molecular weight excluding hydrogens is 469 g/mol. The fraction of sp³-hybridized carbons (Fsp3) is 0.391. The maximum atomic E-state index is 13.4. The summed E-state index contributed by atoms with van der Waals surface area (Å²) in [4.78, 5) is 14.6. The van der Waals surface area contributed by atoms with Gasteiger partial charge in [-0.1, -0.05) is 30.3 Å². The number of anilines is 1. The van der Waals surface area contributed by atoms with Crippen LogP contribution in [0.5, 0.6) is 0 Å². The second-order valence-corrected chi connectivity index (χ2v) is 10.4. The standard InChI is InChI=1S/C23H23F3N4O3S/c24-23(25,26)20-12-19(9-6-17(20)13-27)29-10-11-30(21(14-29)22(31)28-18-7-8-18)34(32,33)15-16-4-2-1-3-5-16/h1-6,9,12,18,21H,7-8,10-11,14-15H2,(H,28,31). The SMILES string of the molecule is N#Cc1ccc(N2CCN(S(=O)(=O)Cc3ccccc3)C(C(=O)NC3CC3)C2)cc1C(F)(F)F. The van der Waals surface area contributed by atoms with E-state index in [4.69, 9.17) is 5.26 Å². The number of rotatable bonds is 6. The molecule has 1 aliphatic carbocycles. The van der Waals surface area contributed by atoms with Gasteiger partial charge < -0.3 is 10.2 Å². The first-order valence-corrected chi connectivity index (χ1v) is 12.4. The molecule has 1 saturated carbocycles. The lowest BCUT2D eigenvalue weighted by Gasteiger charge is -2.41. The van der Waals surface area contributed by atoms with Crippen LogP contribution in [0.15, 0.2) is 48.5 Å². The number of benzene rings is 2. The summed E-state index contributed by atoms with van der Waals surface area (Å²) < 4.78 is 67.9. The largest absolute Gasteiger partial charge is 0.417 e. The fourth-order valence-electron chi connectivity index (χ4n) is 4.00. The van der Waals surface area contributed by atoms with Gasteiger partial charge in [0.1, 0.15) is 6.04 Å². The van der Waals surface area contributed by atoms with Gasteiger partial charge in [0.05, 0.1) is 22.9 Å². The molecule has 1 saturated heterocycles. The van der Waals surface area contributed by atoms with Crippen LogP contribution < -0.4 is 10.2 Å². The molecule has 7 nitrogen and oxygen atoms in total. The van der Waals surface area contributed by atoms with Gasteiger partial charge in [0.25, 0.3) is 0 Å². The lowest BCUT2D eigenvalue weighted by atomic mass is 10.1. The number of nitrogens with one attached hydrogen (secondary N) is 1. The number of carbonyl (C=O) groups excluding carboxylic acids is 1. The summed E-state index contributed by atoms with van der Waals surface area (Å²) in [6.07, 6.45) is -3.10. The Morgan fingerprint density at radius 3 is 2.44 bits per heavy atom. The van der Waals surface area contributed by atoms with Gasteiger partial charge in [0.2, 0.25) is 15.9 Å². The maximum Gasteiger partial charge on any atom is 0.417 e. The van der Waals surface area contributed by atoms with Crippen LogP contribution in [-0.2, 0) is 26.7 Å². The zero-order chi connectivity index (χ0) is 24.5. The summed E-state index contributed by atoms with van der Waals surface area (Å²) in [5, 5.41) is 11.9. The predicted molar refractivity (Wildman–Crippen MR) is 119 cm³/mol. The van der Waals surface area contributed by atoms with Crippen LogP contribution in [0.2, 0.25) is 0 Å². The highest BCUT2D eigenvalue weighted by Crippen LogP contribution is 2.35. The van der Waals surface area contributed by atoms with Crippen molar-refractivity contribution in [2.45, 2.75) is 36.9 Å². The minimum atomic E-state index is -4.72. The summed E-state index contributed by atoms with van der Waals surface area (Å²) in [5.74, 6) is -0.746. The zero-order valence-corrected chi connectivity index (χ0v) is 18.9. The molecule has 1 amide bonds. The van der Waals surface area contributed by atoms with Crippen molar-refractivity contribution in [2.75, 3.05) is 24.5 Å². The minimum absolute atomic E-state index is 0.00621. The molecule has 1 unspecified atom stereocenters. The topological polar surface area (TPSA) is 93.5 Å². The van der Waals surface area contributed by atoms with Crippen molar-refractivity contribution in [1.82, 2.24) is 9.62 Å². The molecule has 0 spiro atoms. The Balaban J connectivity index is 1.62. The number of hydrogen-bond donors (Lipinski definition) is 1. The zero-order valence-electron chi connectivity index (χ0n) is 18.1. The Labute approximate surface area is 195 Å². The number of hydrogen-bond acceptors (Lipinski definition) is 5. The van der Waals surface area contributed by atoms with Crippen LogP contribution in [0.1, 0.15) is 29.5 Å². The summed E-state index contributed by atoms with van der Waals surface area (Å²) in [6.45, 7) is -0.0561. The second kappa shape index (κ2) is 9.27. The van der Waals surface area contributed by atoms with Crippen molar-refractivity contribution in [2.24, 2.45) is 0 Å². The molecule has 0 aromatic heterocycles. The number of piperazine rings is 1. The third kappa shape index (κ3) is 5.34. The number of sulfonamides is 1. The summed E-state index contributed by atoms with van der Waals surface area (Å²) in [5.41, 5.74) is -0.808. The molecule has 11 heteroatoms. The van der Waals surface area contributed by atoms with Crippen LogP contribution in [0.3, 0.4) is 0 Å². The molecule has 2 fully saturated rings. The summed E-state index contributed by atoms with van der Waals surface area (Å²) in [7, 11) is -3.87. The number of carbonyl (C=O) groups is 1. The number of halogens is 3. The lowest BCUT2D eigenvalue weighted by Crippen LogP contribution is -2.61. The third-order valence-electron chi connectivity index (χ3n) is 5.90. The molecule has 0 bridgehead atoms. The smallest absolute Gasteiger partial charge is 0.368 e. The van der Waals surface area contributed by atoms with Crippen molar-refractivity contribution >= 4 is 21.6 Å². The number of amides is 1. The van der Waals surface area contributed by atoms with Crippen LogP contribution in [0, 0.1) is 11.3 Å². The van der Waals surface area contributed by atoms with Crippen LogP contribution >= 0.6 is 0 Å². The van der Waals surface area contributed by atoms with Gasteiger partial charge in [0, 0.05) is 31.4 Å². The van der Waals surface area contributed by atoms with Gasteiger partial charge in [-0.05, 0) is 36.6 Å². The average molecular weight is 493 g/mol. The Morgan fingerprint density at radius 2 is 1.82 bits per heavy atom. The van der Waals surface area contributed by atoms with E-state index in [9.17, 15) is 26.4 Å². The van der Waals surface area contributed by atoms with Crippen molar-refractivity contribution in [3.8, 4) is 6.07 Å². The van der Waals surface area contributed by atoms with E-state index >= 15 is 0 Å². The van der Waals surface area contributed by atoms with E-state index in [2.05, 4.69) is 5.32 Å². The molecule has 180 valence electrons. The summed E-state index contributed by atoms with van der Waals surface area (Å²) >= 11 is 0. The Bertz CT molecular complexity index is 1210. The Morgan fingerprint density at radius 1 is 1.12 bits per heavy atom. The fourth-order valence-corrected chi connectivity index (χ4v) is 5.69. The van der Waals surface area contributed by atoms with Crippen molar-refractivity contribution in [3.05, 3.63) is 65.2 Å². The molecule has 1 aliphatic heterocycles. The molecule has 2 aromatic carbocycles. The van der Waals surface area contributed by atoms with Gasteiger partial charge in [-0.2, -0.15) is 22.7 Å². The van der Waals surface area contributed by atoms with E-state index in [-0.39, 0.29) is 37.1 Å². The van der Waals surface area contributed by atoms with Gasteiger partial charge >= 0.3 is 6.18 Å². The molecule has 2 aromatic rings. The number of nitrogens with zero attached hydrogens (tertiary/aromatic N) is 3. The highest BCUT2D eigenvalue weighted by molar-refractivity contribution is 7.88. The normalized spacial score (nSPS) is 19.5. The summed E-state index contributed by atoms with van der Waals surface area (Å²) in [6, 6.07) is 12.4. The number of nitriles is 1. The monoisotopic (exact) mass is 492 g/mol. The first-order chi connectivity index (χ1) is 16.1. The third-order valence-corrected chi connectivity index (χ3v) is 7.75. The average Bonchev–Trinajstić information content (AvgIpc) is 3.62. The second-order valence-electron chi connectivity index (χ2n) is 8.44. The maximum absolute atomic E-state index is 13.4. The van der Waals surface area contributed by atoms with E-state index in [1.54, 1.807) is 41.3 Å². The van der Waals surface area contributed by atoms with E-state index in [1.807, 2.05) is 0 Å². The molecule has 34 heavy (non-hydrogen) atoms. The molecule has 1 N–H and O–H groups in total. The van der Waals surface area contributed by atoms with Crippen molar-refractivity contribution in [1.29, 1.82) is 5.26 Å². The van der Waals surface area contributed by atoms with Crippen LogP contribution in [0.4, 0.5) is 18.9 Å². The van der Waals surface area contributed by atoms with Crippen molar-refractivity contribution in [3.63, 3.8) is 0 Å². The Kier molecular flexibility index (Phi) is 6.55. The molecule has 4 rings (SSSR count). The number of alkyl halides is 3. The molecule has 1 atom stereocenters. The Hall–Kier alpha value is -3.10. The van der Waals surface area contributed by atoms with Gasteiger partial charge in [-0.15, -0.1) is 0 Å². The first-order valence-electron chi connectivity index (χ1n) is 10.8. The van der Waals surface area contributed by atoms with Crippen molar-refractivity contribution < 1.29 is 26.4 Å². The highest BCUT2D eigenvalue weighted by atomic mass is 32.2. The lowest BCUT2D eigenvalue weighted by molar-refractivity contribution is -0.137. The predicted octanol–water partition coefficient (Wildman–Crippen LogP) is 2.88. The van der Waals surface area contributed by atoms with Gasteiger partial charge in [-0.25, -0.2) is 8.42 Å². The molecule has 1 heterocycles. The van der Waals surface area contributed by atoms with E-state index in [0.29, 0.717) is 5.56 Å². The van der Waals surface area contributed by atoms with Crippen LogP contribution in [0.25, 0.3) is 0 Å². The van der Waals surface area contributed by atoms with E-state index in [0.717, 1.165) is 29.3 Å². The molecule has 2 aliphatic rings. The highest BCUT2D eigenvalue weighted by Gasteiger charge is 2.41. The molecular formula is C23H23F3N4O3S. The first kappa shape index (κ1) is 24.0. The van der Waals surface area contributed by atoms with E-state index in [1.165, 1.54) is 6.07 Å². The quantitative estimate of drug-likeness (QED) is 0.670. The minimum Gasteiger partial charge on any atom is -0.368 e.